The Bertz CT molecular complexity index is 1060. The van der Waals surface area contributed by atoms with Crippen LogP contribution in [-0.2, 0) is 11.2 Å². The number of carbonyl (C=O) groups excluding carboxylic acids is 1. The second-order valence-electron chi connectivity index (χ2n) is 8.73. The zero-order valence-electron chi connectivity index (χ0n) is 17.8. The van der Waals surface area contributed by atoms with Crippen LogP contribution < -0.4 is 4.74 Å². The quantitative estimate of drug-likeness (QED) is 0.634. The van der Waals surface area contributed by atoms with Gasteiger partial charge in [-0.05, 0) is 31.2 Å². The van der Waals surface area contributed by atoms with Crippen LogP contribution >= 0.6 is 0 Å². The minimum atomic E-state index is 0.0869. The zero-order chi connectivity index (χ0) is 21.4. The Labute approximate surface area is 181 Å². The van der Waals surface area contributed by atoms with Gasteiger partial charge in [0, 0.05) is 30.6 Å². The van der Waals surface area contributed by atoms with Gasteiger partial charge in [-0.1, -0.05) is 47.6 Å². The van der Waals surface area contributed by atoms with Crippen molar-refractivity contribution in [2.24, 2.45) is 5.41 Å². The number of ether oxygens (including phenoxy) is 1. The molecule has 3 heterocycles. The molecule has 0 saturated carbocycles. The maximum Gasteiger partial charge on any atom is 0.244 e. The van der Waals surface area contributed by atoms with Crippen LogP contribution in [0.5, 0.6) is 5.75 Å². The Morgan fingerprint density at radius 3 is 2.58 bits per heavy atom. The van der Waals surface area contributed by atoms with Crippen molar-refractivity contribution in [1.82, 2.24) is 19.9 Å². The number of aromatic nitrogens is 2. The number of hydrogen-bond acceptors (Lipinski definition) is 6. The van der Waals surface area contributed by atoms with Crippen molar-refractivity contribution < 1.29 is 14.1 Å². The van der Waals surface area contributed by atoms with Gasteiger partial charge < -0.3 is 14.2 Å². The van der Waals surface area contributed by atoms with Crippen LogP contribution in [0.4, 0.5) is 0 Å². The molecular formula is C24H26N4O3. The summed E-state index contributed by atoms with van der Waals surface area (Å²) in [6.07, 6.45) is 1.34. The van der Waals surface area contributed by atoms with Gasteiger partial charge >= 0.3 is 0 Å². The van der Waals surface area contributed by atoms with Crippen LogP contribution in [0.2, 0.25) is 0 Å². The fourth-order valence-corrected chi connectivity index (χ4v) is 4.82. The number of rotatable bonds is 5. The molecule has 160 valence electrons. The number of amides is 1. The van der Waals surface area contributed by atoms with Crippen molar-refractivity contribution in [3.8, 4) is 17.1 Å². The molecule has 2 aliphatic rings. The predicted octanol–water partition coefficient (Wildman–Crippen LogP) is 3.19. The van der Waals surface area contributed by atoms with E-state index in [0.717, 1.165) is 42.9 Å². The van der Waals surface area contributed by atoms with Crippen LogP contribution in [0.1, 0.15) is 23.9 Å². The molecule has 0 N–H and O–H groups in total. The first-order valence-electron chi connectivity index (χ1n) is 10.6. The van der Waals surface area contributed by atoms with E-state index < -0.39 is 0 Å². The Balaban J connectivity index is 1.20. The topological polar surface area (TPSA) is 71.7 Å². The van der Waals surface area contributed by atoms with Crippen LogP contribution in [0.15, 0.2) is 59.1 Å². The van der Waals surface area contributed by atoms with Crippen molar-refractivity contribution in [2.45, 2.75) is 18.9 Å². The Hall–Kier alpha value is -3.19. The van der Waals surface area contributed by atoms with Crippen LogP contribution in [0.25, 0.3) is 11.4 Å². The van der Waals surface area contributed by atoms with Gasteiger partial charge in [0.2, 0.25) is 17.6 Å². The summed E-state index contributed by atoms with van der Waals surface area (Å²) in [4.78, 5) is 21.6. The molecule has 1 atom stereocenters. The lowest BCUT2D eigenvalue weighted by Gasteiger charge is -2.48. The van der Waals surface area contributed by atoms with E-state index in [1.165, 1.54) is 0 Å². The molecule has 2 aliphatic heterocycles. The molecule has 1 aromatic heterocycles. The molecule has 1 amide bonds. The molecule has 3 aromatic rings. The number of methoxy groups -OCH3 is 1. The van der Waals surface area contributed by atoms with Crippen LogP contribution in [-0.4, -0.2) is 59.6 Å². The summed E-state index contributed by atoms with van der Waals surface area (Å²) < 4.78 is 10.8. The first kappa shape index (κ1) is 19.8. The third-order valence-corrected chi connectivity index (χ3v) is 6.42. The molecule has 5 rings (SSSR count). The lowest BCUT2D eigenvalue weighted by molar-refractivity contribution is -0.141. The molecule has 2 fully saturated rings. The van der Waals surface area contributed by atoms with Gasteiger partial charge in [-0.15, -0.1) is 0 Å². The van der Waals surface area contributed by atoms with E-state index in [-0.39, 0.29) is 17.4 Å². The summed E-state index contributed by atoms with van der Waals surface area (Å²) in [5.74, 6) is 2.25. The normalized spacial score (nSPS) is 20.1. The SMILES string of the molecule is COc1ccc(CC(=O)N2CC3(CC(c4nc(-c5ccccc5)no4)N(C)C3)C2)cc1. The molecule has 0 aliphatic carbocycles. The molecular weight excluding hydrogens is 392 g/mol. The average molecular weight is 418 g/mol. The third-order valence-electron chi connectivity index (χ3n) is 6.42. The first-order chi connectivity index (χ1) is 15.0. The highest BCUT2D eigenvalue weighted by Gasteiger charge is 2.53. The fraction of sp³-hybridized carbons (Fsp3) is 0.375. The third kappa shape index (κ3) is 3.81. The molecule has 0 radical (unpaired) electrons. The highest BCUT2D eigenvalue weighted by atomic mass is 16.5. The standard InChI is InChI=1S/C24H26N4O3/c1-27-14-24(13-20(27)23-25-22(26-31-23)18-6-4-3-5-7-18)15-28(16-24)21(29)12-17-8-10-19(30-2)11-9-17/h3-11,20H,12-16H2,1-2H3. The van der Waals surface area contributed by atoms with Crippen molar-refractivity contribution in [3.63, 3.8) is 0 Å². The van der Waals surface area contributed by atoms with E-state index >= 15 is 0 Å². The van der Waals surface area contributed by atoms with Gasteiger partial charge in [-0.2, -0.15) is 4.98 Å². The van der Waals surface area contributed by atoms with Gasteiger partial charge in [0.1, 0.15) is 5.75 Å². The summed E-state index contributed by atoms with van der Waals surface area (Å²) in [5.41, 5.74) is 2.07. The smallest absolute Gasteiger partial charge is 0.244 e. The highest BCUT2D eigenvalue weighted by Crippen LogP contribution is 2.47. The number of likely N-dealkylation sites (tertiary alicyclic amines) is 2. The van der Waals surface area contributed by atoms with Gasteiger partial charge in [0.25, 0.3) is 0 Å². The minimum Gasteiger partial charge on any atom is -0.497 e. The zero-order valence-corrected chi connectivity index (χ0v) is 17.8. The van der Waals surface area contributed by atoms with Gasteiger partial charge in [0.15, 0.2) is 0 Å². The van der Waals surface area contributed by atoms with E-state index in [2.05, 4.69) is 22.1 Å². The Morgan fingerprint density at radius 1 is 1.13 bits per heavy atom. The summed E-state index contributed by atoms with van der Waals surface area (Å²) in [6, 6.07) is 17.6. The molecule has 2 saturated heterocycles. The van der Waals surface area contributed by atoms with Gasteiger partial charge in [-0.25, -0.2) is 0 Å². The molecule has 1 unspecified atom stereocenters. The first-order valence-corrected chi connectivity index (χ1v) is 10.6. The predicted molar refractivity (Wildman–Crippen MR) is 115 cm³/mol. The maximum absolute atomic E-state index is 12.7. The van der Waals surface area contributed by atoms with Crippen molar-refractivity contribution in [2.75, 3.05) is 33.8 Å². The van der Waals surface area contributed by atoms with E-state index in [1.54, 1.807) is 7.11 Å². The van der Waals surface area contributed by atoms with Crippen molar-refractivity contribution in [3.05, 3.63) is 66.1 Å². The molecule has 7 nitrogen and oxygen atoms in total. The van der Waals surface area contributed by atoms with Crippen LogP contribution in [0, 0.1) is 5.41 Å². The average Bonchev–Trinajstić information content (AvgIpc) is 3.38. The monoisotopic (exact) mass is 418 g/mol. The van der Waals surface area contributed by atoms with E-state index in [9.17, 15) is 4.79 Å². The second kappa shape index (κ2) is 7.81. The lowest BCUT2D eigenvalue weighted by Crippen LogP contribution is -2.59. The van der Waals surface area contributed by atoms with Crippen molar-refractivity contribution >= 4 is 5.91 Å². The molecule has 2 aromatic carbocycles. The minimum absolute atomic E-state index is 0.0869. The number of carbonyl (C=O) groups is 1. The maximum atomic E-state index is 12.7. The highest BCUT2D eigenvalue weighted by molar-refractivity contribution is 5.79. The second-order valence-corrected chi connectivity index (χ2v) is 8.73. The summed E-state index contributed by atoms with van der Waals surface area (Å²) >= 11 is 0. The number of hydrogen-bond donors (Lipinski definition) is 0. The molecule has 1 spiro atoms. The summed E-state index contributed by atoms with van der Waals surface area (Å²) in [6.45, 7) is 2.48. The van der Waals surface area contributed by atoms with E-state index in [1.807, 2.05) is 59.5 Å². The van der Waals surface area contributed by atoms with E-state index in [4.69, 9.17) is 9.26 Å². The molecule has 31 heavy (non-hydrogen) atoms. The Kier molecular flexibility index (Phi) is 4.98. The molecule has 7 heteroatoms. The van der Waals surface area contributed by atoms with Gasteiger partial charge in [0.05, 0.1) is 19.6 Å². The Morgan fingerprint density at radius 2 is 1.87 bits per heavy atom. The van der Waals surface area contributed by atoms with Crippen molar-refractivity contribution in [1.29, 1.82) is 0 Å². The fourth-order valence-electron chi connectivity index (χ4n) is 4.82. The number of nitrogens with zero attached hydrogens (tertiary/aromatic N) is 4. The van der Waals surface area contributed by atoms with E-state index in [0.29, 0.717) is 18.1 Å². The number of benzene rings is 2. The largest absolute Gasteiger partial charge is 0.497 e. The van der Waals surface area contributed by atoms with Crippen LogP contribution in [0.3, 0.4) is 0 Å². The molecule has 0 bridgehead atoms. The summed E-state index contributed by atoms with van der Waals surface area (Å²) in [5, 5.41) is 4.17. The van der Waals surface area contributed by atoms with Gasteiger partial charge in [-0.3, -0.25) is 9.69 Å². The summed E-state index contributed by atoms with van der Waals surface area (Å²) in [7, 11) is 3.73. The lowest BCUT2D eigenvalue weighted by atomic mass is 9.77.